The summed E-state index contributed by atoms with van der Waals surface area (Å²) in [5.41, 5.74) is 2.35. The van der Waals surface area contributed by atoms with E-state index >= 15 is 0 Å². The second-order valence-electron chi connectivity index (χ2n) is 13.2. The number of hydrogen-bond acceptors (Lipinski definition) is 6. The van der Waals surface area contributed by atoms with Crippen LogP contribution in [0.5, 0.6) is 5.75 Å². The monoisotopic (exact) mass is 770 g/mol. The van der Waals surface area contributed by atoms with E-state index in [2.05, 4.69) is 58.9 Å². The number of halogens is 3. The topological polar surface area (TPSA) is 107 Å². The van der Waals surface area contributed by atoms with Gasteiger partial charge < -0.3 is 14.0 Å². The van der Waals surface area contributed by atoms with Crippen LogP contribution in [0.3, 0.4) is 0 Å². The standard InChI is InChI=1S/C25H22O2.C19H19F3O5S/c1-18(2)21-12-14-23(15-13-21)24-16-20(17-25(26)27)9-11-22(24)10-8-19-6-4-3-5-7-19;1-12(2)14-5-7-15(8-6-14)16-10-13(11-18(23)26-3)4-9-17(16)27-28(24,25)19(20,21)22/h3-7,9,11-16,18H,17H2,1-2H3,(H,26,27);4-10,12H,11H2,1-3H3. The van der Waals surface area contributed by atoms with E-state index < -0.39 is 33.3 Å². The second-order valence-corrected chi connectivity index (χ2v) is 14.7. The molecule has 55 heavy (non-hydrogen) atoms. The van der Waals surface area contributed by atoms with Crippen LogP contribution in [0.1, 0.15) is 72.9 Å². The molecule has 0 bridgehead atoms. The third-order valence-corrected chi connectivity index (χ3v) is 9.40. The Hall–Kier alpha value is -5.86. The van der Waals surface area contributed by atoms with Gasteiger partial charge in [-0.25, -0.2) is 0 Å². The van der Waals surface area contributed by atoms with Crippen LogP contribution in [-0.2, 0) is 37.3 Å². The Balaban J connectivity index is 0.000000245. The molecule has 0 saturated carbocycles. The summed E-state index contributed by atoms with van der Waals surface area (Å²) in [4.78, 5) is 22.6. The Kier molecular flexibility index (Phi) is 14.1. The Morgan fingerprint density at radius 2 is 1.20 bits per heavy atom. The smallest absolute Gasteiger partial charge is 0.481 e. The lowest BCUT2D eigenvalue weighted by molar-refractivity contribution is -0.140. The van der Waals surface area contributed by atoms with Gasteiger partial charge in [0, 0.05) is 16.7 Å². The maximum atomic E-state index is 12.7. The molecule has 0 aliphatic heterocycles. The van der Waals surface area contributed by atoms with Gasteiger partial charge in [-0.1, -0.05) is 118 Å². The van der Waals surface area contributed by atoms with Crippen molar-refractivity contribution < 1.29 is 45.2 Å². The minimum absolute atomic E-state index is 0.00344. The lowest BCUT2D eigenvalue weighted by Gasteiger charge is -2.15. The Morgan fingerprint density at radius 1 is 0.691 bits per heavy atom. The van der Waals surface area contributed by atoms with Crippen LogP contribution in [-0.4, -0.2) is 38.1 Å². The van der Waals surface area contributed by atoms with Crippen LogP contribution >= 0.6 is 0 Å². The maximum absolute atomic E-state index is 12.7. The largest absolute Gasteiger partial charge is 0.534 e. The summed E-state index contributed by atoms with van der Waals surface area (Å²) < 4.78 is 70.0. The summed E-state index contributed by atoms with van der Waals surface area (Å²) in [6.45, 7) is 8.30. The third-order valence-electron chi connectivity index (χ3n) is 8.43. The molecule has 0 saturated heterocycles. The van der Waals surface area contributed by atoms with Crippen LogP contribution in [0, 0.1) is 11.8 Å². The fourth-order valence-electron chi connectivity index (χ4n) is 5.37. The normalized spacial score (nSPS) is 11.2. The maximum Gasteiger partial charge on any atom is 0.534 e. The average Bonchev–Trinajstić information content (AvgIpc) is 3.14. The van der Waals surface area contributed by atoms with Crippen molar-refractivity contribution in [2.24, 2.45) is 0 Å². The highest BCUT2D eigenvalue weighted by atomic mass is 32.2. The van der Waals surface area contributed by atoms with Gasteiger partial charge in [0.05, 0.1) is 20.0 Å². The van der Waals surface area contributed by atoms with Crippen molar-refractivity contribution in [1.82, 2.24) is 0 Å². The average molecular weight is 771 g/mol. The van der Waals surface area contributed by atoms with Gasteiger partial charge in [-0.05, 0) is 87.2 Å². The highest BCUT2D eigenvalue weighted by Gasteiger charge is 2.48. The summed E-state index contributed by atoms with van der Waals surface area (Å²) >= 11 is 0. The van der Waals surface area contributed by atoms with E-state index in [-0.39, 0.29) is 24.3 Å². The number of benzene rings is 5. The van der Waals surface area contributed by atoms with E-state index in [9.17, 15) is 31.2 Å². The molecule has 0 heterocycles. The van der Waals surface area contributed by atoms with E-state index in [4.69, 9.17) is 5.11 Å². The molecule has 0 aliphatic carbocycles. The number of carbonyl (C=O) groups excluding carboxylic acids is 1. The van der Waals surface area contributed by atoms with Crippen molar-refractivity contribution in [3.8, 4) is 39.8 Å². The molecule has 7 nitrogen and oxygen atoms in total. The molecule has 0 fully saturated rings. The second kappa shape index (κ2) is 18.5. The number of carboxylic acids is 1. The zero-order chi connectivity index (χ0) is 40.3. The highest BCUT2D eigenvalue weighted by molar-refractivity contribution is 7.88. The number of methoxy groups -OCH3 is 1. The number of esters is 1. The van der Waals surface area contributed by atoms with Crippen LogP contribution in [0.15, 0.2) is 115 Å². The molecule has 5 rings (SSSR count). The zero-order valence-corrected chi connectivity index (χ0v) is 31.8. The van der Waals surface area contributed by atoms with Gasteiger partial charge in [0.25, 0.3) is 0 Å². The number of alkyl halides is 3. The highest BCUT2D eigenvalue weighted by Crippen LogP contribution is 2.36. The number of ether oxygens (including phenoxy) is 1. The first-order valence-electron chi connectivity index (χ1n) is 17.3. The Morgan fingerprint density at radius 3 is 1.71 bits per heavy atom. The van der Waals surface area contributed by atoms with Crippen molar-refractivity contribution in [1.29, 1.82) is 0 Å². The lowest BCUT2D eigenvalue weighted by atomic mass is 9.94. The lowest BCUT2D eigenvalue weighted by Crippen LogP contribution is -2.28. The summed E-state index contributed by atoms with van der Waals surface area (Å²) in [5, 5.41) is 9.12. The van der Waals surface area contributed by atoms with Crippen LogP contribution in [0.25, 0.3) is 22.3 Å². The van der Waals surface area contributed by atoms with Gasteiger partial charge in [0.2, 0.25) is 0 Å². The predicted octanol–water partition coefficient (Wildman–Crippen LogP) is 9.92. The fourth-order valence-corrected chi connectivity index (χ4v) is 5.85. The van der Waals surface area contributed by atoms with Crippen molar-refractivity contribution in [3.05, 3.63) is 149 Å². The quantitative estimate of drug-likeness (QED) is 0.0652. The summed E-state index contributed by atoms with van der Waals surface area (Å²) in [6.07, 6.45) is -0.122. The molecule has 286 valence electrons. The molecule has 5 aromatic rings. The molecule has 0 spiro atoms. The van der Waals surface area contributed by atoms with E-state index in [1.807, 2.05) is 62.4 Å². The Labute approximate surface area is 319 Å². The molecular formula is C44H41F3O7S. The van der Waals surface area contributed by atoms with Crippen LogP contribution in [0.4, 0.5) is 13.2 Å². The number of carboxylic acid groups (broad SMARTS) is 1. The summed E-state index contributed by atoms with van der Waals surface area (Å²) in [6, 6.07) is 34.6. The van der Waals surface area contributed by atoms with E-state index in [0.717, 1.165) is 39.4 Å². The van der Waals surface area contributed by atoms with Crippen molar-refractivity contribution in [3.63, 3.8) is 0 Å². The van der Waals surface area contributed by atoms with E-state index in [1.165, 1.54) is 24.8 Å². The van der Waals surface area contributed by atoms with Crippen molar-refractivity contribution in [2.45, 2.75) is 57.9 Å². The molecule has 0 atom stereocenters. The zero-order valence-electron chi connectivity index (χ0n) is 31.0. The van der Waals surface area contributed by atoms with Gasteiger partial charge in [-0.2, -0.15) is 21.6 Å². The number of rotatable bonds is 10. The van der Waals surface area contributed by atoms with Gasteiger partial charge in [0.15, 0.2) is 5.75 Å². The predicted molar refractivity (Wildman–Crippen MR) is 207 cm³/mol. The first-order valence-corrected chi connectivity index (χ1v) is 18.7. The van der Waals surface area contributed by atoms with Gasteiger partial charge in [-0.15, -0.1) is 0 Å². The molecule has 1 N–H and O–H groups in total. The van der Waals surface area contributed by atoms with E-state index in [1.54, 1.807) is 24.3 Å². The summed E-state index contributed by atoms with van der Waals surface area (Å²) in [5.74, 6) is 5.29. The minimum atomic E-state index is -5.84. The van der Waals surface area contributed by atoms with Crippen molar-refractivity contribution >= 4 is 22.1 Å². The van der Waals surface area contributed by atoms with E-state index in [0.29, 0.717) is 17.0 Å². The van der Waals surface area contributed by atoms with Gasteiger partial charge in [-0.3, -0.25) is 9.59 Å². The molecule has 0 unspecified atom stereocenters. The molecule has 0 radical (unpaired) electrons. The minimum Gasteiger partial charge on any atom is -0.481 e. The summed E-state index contributed by atoms with van der Waals surface area (Å²) in [7, 11) is -4.63. The fraction of sp³-hybridized carbons (Fsp3) is 0.227. The third kappa shape index (κ3) is 11.8. The molecule has 11 heteroatoms. The van der Waals surface area contributed by atoms with Gasteiger partial charge >= 0.3 is 27.6 Å². The number of hydrogen-bond donors (Lipinski definition) is 1. The van der Waals surface area contributed by atoms with Crippen LogP contribution < -0.4 is 4.18 Å². The molecule has 0 aliphatic rings. The molecule has 0 aromatic heterocycles. The molecule has 5 aromatic carbocycles. The van der Waals surface area contributed by atoms with Crippen LogP contribution in [0.2, 0.25) is 0 Å². The molecular weight excluding hydrogens is 730 g/mol. The van der Waals surface area contributed by atoms with Gasteiger partial charge in [0.1, 0.15) is 0 Å². The number of aliphatic carboxylic acids is 1. The SMILES string of the molecule is CC(C)c1ccc(-c2cc(CC(=O)O)ccc2C#Cc2ccccc2)cc1.COC(=O)Cc1ccc(OS(=O)(=O)C(F)(F)F)c(-c2ccc(C(C)C)cc2)c1. The number of carbonyl (C=O) groups is 2. The molecule has 0 amide bonds. The van der Waals surface area contributed by atoms with Crippen molar-refractivity contribution in [2.75, 3.05) is 7.11 Å². The first-order chi connectivity index (χ1) is 26.0. The Bertz CT molecular complexity index is 2270. The first kappa shape index (κ1) is 41.9.